The van der Waals surface area contributed by atoms with Crippen LogP contribution < -0.4 is 0 Å². The van der Waals surface area contributed by atoms with Gasteiger partial charge in [-0.05, 0) is 12.5 Å². The molecule has 0 radical (unpaired) electrons. The number of carbonyl (C=O) groups is 3. The molecule has 0 bridgehead atoms. The number of hydrogen-bond donors (Lipinski definition) is 0. The quantitative estimate of drug-likeness (QED) is 0.184. The van der Waals surface area contributed by atoms with Gasteiger partial charge in [-0.2, -0.15) is 0 Å². The average molecular weight is 341 g/mol. The molecule has 0 aromatic carbocycles. The number of azide groups is 1. The molecule has 0 N–H and O–H groups in total. The second-order valence-corrected chi connectivity index (χ2v) is 5.44. The zero-order valence-electron chi connectivity index (χ0n) is 13.8. The predicted octanol–water partition coefficient (Wildman–Crippen LogP) is 1.59. The van der Waals surface area contributed by atoms with Crippen molar-refractivity contribution in [1.82, 2.24) is 0 Å². The van der Waals surface area contributed by atoms with E-state index in [1.165, 1.54) is 0 Å². The second kappa shape index (κ2) is 11.6. The third-order valence-corrected chi connectivity index (χ3v) is 3.62. The molecule has 1 saturated carbocycles. The Morgan fingerprint density at radius 1 is 1.25 bits per heavy atom. The second-order valence-electron chi connectivity index (χ2n) is 5.44. The Kier molecular flexibility index (Phi) is 9.67. The largest absolute Gasteiger partial charge is 0.462 e. The number of Topliss-reactive ketones (excluding diaryl/α,β-unsaturated/α-hetero) is 2. The highest BCUT2D eigenvalue weighted by Gasteiger charge is 2.33. The molecule has 1 fully saturated rings. The third-order valence-electron chi connectivity index (χ3n) is 3.62. The molecule has 9 nitrogen and oxygen atoms in total. The zero-order chi connectivity index (χ0) is 17.8. The summed E-state index contributed by atoms with van der Waals surface area (Å²) in [5.41, 5.74) is 8.06. The summed E-state index contributed by atoms with van der Waals surface area (Å²) in [7, 11) is 0. The predicted molar refractivity (Wildman–Crippen MR) is 83.2 cm³/mol. The van der Waals surface area contributed by atoms with Gasteiger partial charge in [0.05, 0.1) is 38.8 Å². The van der Waals surface area contributed by atoms with E-state index in [9.17, 15) is 14.4 Å². The van der Waals surface area contributed by atoms with E-state index >= 15 is 0 Å². The number of nitrogens with zero attached hydrogens (tertiary/aromatic N) is 3. The lowest BCUT2D eigenvalue weighted by Crippen LogP contribution is -2.35. The maximum Gasteiger partial charge on any atom is 0.308 e. The highest BCUT2D eigenvalue weighted by Crippen LogP contribution is 2.23. The Labute approximate surface area is 140 Å². The van der Waals surface area contributed by atoms with Crippen molar-refractivity contribution in [2.45, 2.75) is 38.7 Å². The first-order chi connectivity index (χ1) is 11.5. The summed E-state index contributed by atoms with van der Waals surface area (Å²) in [6.07, 6.45) is 0.135. The zero-order valence-corrected chi connectivity index (χ0v) is 13.8. The smallest absolute Gasteiger partial charge is 0.308 e. The first-order valence-electron chi connectivity index (χ1n) is 7.94. The summed E-state index contributed by atoms with van der Waals surface area (Å²) < 4.78 is 15.6. The molecule has 9 heteroatoms. The van der Waals surface area contributed by atoms with Crippen molar-refractivity contribution in [2.24, 2.45) is 11.0 Å². The molecule has 1 aliphatic rings. The van der Waals surface area contributed by atoms with Crippen LogP contribution in [0.1, 0.15) is 32.6 Å². The van der Waals surface area contributed by atoms with Gasteiger partial charge in [-0.3, -0.25) is 14.4 Å². The van der Waals surface area contributed by atoms with Crippen LogP contribution in [-0.2, 0) is 28.6 Å². The van der Waals surface area contributed by atoms with Crippen LogP contribution in [0.25, 0.3) is 10.4 Å². The third kappa shape index (κ3) is 8.05. The maximum absolute atomic E-state index is 11.8. The molecule has 2 atom stereocenters. The standard InChI is InChI=1S/C15H23N3O6/c1-11(13-10-12(19)2-3-14(13)20)24-15(21)4-6-22-8-9-23-7-5-17-18-16/h11,13H,2-10H2,1H3. The highest BCUT2D eigenvalue weighted by atomic mass is 16.5. The lowest BCUT2D eigenvalue weighted by Gasteiger charge is -2.25. The fraction of sp³-hybridized carbons (Fsp3) is 0.800. The SMILES string of the molecule is CC(OC(=O)CCOCCOCCN=[N+]=[N-])C1CC(=O)CCC1=O. The Bertz CT molecular complexity index is 490. The van der Waals surface area contributed by atoms with E-state index in [1.807, 2.05) is 0 Å². The van der Waals surface area contributed by atoms with E-state index in [4.69, 9.17) is 19.7 Å². The molecule has 0 aromatic rings. The monoisotopic (exact) mass is 341 g/mol. The number of esters is 1. The van der Waals surface area contributed by atoms with Crippen LogP contribution in [0.5, 0.6) is 0 Å². The normalized spacial score (nSPS) is 18.8. The van der Waals surface area contributed by atoms with E-state index in [2.05, 4.69) is 10.0 Å². The van der Waals surface area contributed by atoms with Gasteiger partial charge in [0.25, 0.3) is 0 Å². The number of carbonyl (C=O) groups excluding carboxylic acids is 3. The van der Waals surface area contributed by atoms with Gasteiger partial charge in [0.15, 0.2) is 0 Å². The summed E-state index contributed by atoms with van der Waals surface area (Å²) in [6.45, 7) is 3.06. The molecule has 1 rings (SSSR count). The highest BCUT2D eigenvalue weighted by molar-refractivity contribution is 5.95. The van der Waals surface area contributed by atoms with Gasteiger partial charge >= 0.3 is 5.97 Å². The number of hydrogen-bond acceptors (Lipinski definition) is 7. The van der Waals surface area contributed by atoms with Gasteiger partial charge in [0.1, 0.15) is 17.7 Å². The van der Waals surface area contributed by atoms with Crippen LogP contribution in [0.2, 0.25) is 0 Å². The first-order valence-corrected chi connectivity index (χ1v) is 7.94. The molecular formula is C15H23N3O6. The van der Waals surface area contributed by atoms with Crippen molar-refractivity contribution in [2.75, 3.05) is 33.0 Å². The lowest BCUT2D eigenvalue weighted by molar-refractivity contribution is -0.156. The van der Waals surface area contributed by atoms with E-state index in [0.717, 1.165) is 0 Å². The minimum absolute atomic E-state index is 0.0240. The van der Waals surface area contributed by atoms with Crippen LogP contribution in [-0.4, -0.2) is 56.6 Å². The minimum Gasteiger partial charge on any atom is -0.462 e. The molecule has 2 unspecified atom stereocenters. The van der Waals surface area contributed by atoms with Crippen molar-refractivity contribution >= 4 is 17.5 Å². The minimum atomic E-state index is -0.599. The average Bonchev–Trinajstić information content (AvgIpc) is 2.55. The van der Waals surface area contributed by atoms with Crippen molar-refractivity contribution in [3.63, 3.8) is 0 Å². The number of rotatable bonds is 11. The number of ketones is 2. The summed E-state index contributed by atoms with van der Waals surface area (Å²) in [5, 5.41) is 3.31. The van der Waals surface area contributed by atoms with Crippen molar-refractivity contribution < 1.29 is 28.6 Å². The lowest BCUT2D eigenvalue weighted by atomic mass is 9.84. The summed E-state index contributed by atoms with van der Waals surface area (Å²) in [5.74, 6) is -0.978. The maximum atomic E-state index is 11.8. The van der Waals surface area contributed by atoms with Crippen molar-refractivity contribution in [3.05, 3.63) is 10.4 Å². The van der Waals surface area contributed by atoms with Crippen LogP contribution >= 0.6 is 0 Å². The molecular weight excluding hydrogens is 318 g/mol. The van der Waals surface area contributed by atoms with Crippen LogP contribution in [0.15, 0.2) is 5.11 Å². The van der Waals surface area contributed by atoms with Gasteiger partial charge < -0.3 is 14.2 Å². The van der Waals surface area contributed by atoms with E-state index in [-0.39, 0.29) is 50.4 Å². The Morgan fingerprint density at radius 2 is 1.96 bits per heavy atom. The van der Waals surface area contributed by atoms with Gasteiger partial charge in [0.2, 0.25) is 0 Å². The fourth-order valence-electron chi connectivity index (χ4n) is 2.31. The van der Waals surface area contributed by atoms with Crippen LogP contribution in [0.3, 0.4) is 0 Å². The topological polar surface area (TPSA) is 128 Å². The van der Waals surface area contributed by atoms with Gasteiger partial charge in [-0.25, -0.2) is 0 Å². The fourth-order valence-corrected chi connectivity index (χ4v) is 2.31. The summed E-state index contributed by atoms with van der Waals surface area (Å²) in [6, 6.07) is 0. The van der Waals surface area contributed by atoms with E-state index < -0.39 is 18.0 Å². The van der Waals surface area contributed by atoms with Crippen molar-refractivity contribution in [1.29, 1.82) is 0 Å². The first kappa shape index (κ1) is 20.1. The molecule has 0 spiro atoms. The molecule has 0 aliphatic heterocycles. The van der Waals surface area contributed by atoms with Crippen LogP contribution in [0.4, 0.5) is 0 Å². The van der Waals surface area contributed by atoms with Crippen LogP contribution in [0, 0.1) is 5.92 Å². The van der Waals surface area contributed by atoms with Crippen molar-refractivity contribution in [3.8, 4) is 0 Å². The van der Waals surface area contributed by atoms with Gasteiger partial charge in [-0.1, -0.05) is 5.11 Å². The number of ether oxygens (including phenoxy) is 3. The van der Waals surface area contributed by atoms with E-state index in [0.29, 0.717) is 19.8 Å². The molecule has 1 aliphatic carbocycles. The molecule has 0 saturated heterocycles. The van der Waals surface area contributed by atoms with Gasteiger partial charge in [0, 0.05) is 30.7 Å². The molecule has 24 heavy (non-hydrogen) atoms. The van der Waals surface area contributed by atoms with Gasteiger partial charge in [-0.15, -0.1) is 0 Å². The Hall–Kier alpha value is -1.96. The Morgan fingerprint density at radius 3 is 2.67 bits per heavy atom. The molecule has 0 aromatic heterocycles. The summed E-state index contributed by atoms with van der Waals surface area (Å²) >= 11 is 0. The Balaban J connectivity index is 2.09. The summed E-state index contributed by atoms with van der Waals surface area (Å²) in [4.78, 5) is 37.5. The molecule has 0 heterocycles. The molecule has 134 valence electrons. The van der Waals surface area contributed by atoms with E-state index in [1.54, 1.807) is 6.92 Å². The molecule has 0 amide bonds.